The summed E-state index contributed by atoms with van der Waals surface area (Å²) in [6.45, 7) is 8.12. The maximum Gasteiger partial charge on any atom is 0.0967 e. The van der Waals surface area contributed by atoms with Crippen LogP contribution in [0.2, 0.25) is 0 Å². The molecule has 0 bridgehead atoms. The summed E-state index contributed by atoms with van der Waals surface area (Å²) in [6, 6.07) is 0. The number of hydrogen-bond acceptors (Lipinski definition) is 1. The van der Waals surface area contributed by atoms with E-state index < -0.39 is 0 Å². The van der Waals surface area contributed by atoms with Crippen molar-refractivity contribution in [2.75, 3.05) is 0 Å². The van der Waals surface area contributed by atoms with Gasteiger partial charge in [0.2, 0.25) is 0 Å². The Morgan fingerprint density at radius 3 is 2.92 bits per heavy atom. The van der Waals surface area contributed by atoms with Crippen LogP contribution in [-0.2, 0) is 4.74 Å². The van der Waals surface area contributed by atoms with Gasteiger partial charge in [0, 0.05) is 6.42 Å². The van der Waals surface area contributed by atoms with Crippen LogP contribution in [0.15, 0.2) is 24.1 Å². The lowest BCUT2D eigenvalue weighted by Gasteiger charge is -2.25. The van der Waals surface area contributed by atoms with Gasteiger partial charge in [0.05, 0.1) is 20.5 Å². The minimum absolute atomic E-state index is 0.0674. The van der Waals surface area contributed by atoms with Crippen molar-refractivity contribution in [1.82, 2.24) is 0 Å². The van der Waals surface area contributed by atoms with Gasteiger partial charge in [0.1, 0.15) is 0 Å². The quantitative estimate of drug-likeness (QED) is 0.605. The van der Waals surface area contributed by atoms with Gasteiger partial charge < -0.3 is 4.74 Å². The van der Waals surface area contributed by atoms with E-state index in [0.29, 0.717) is 0 Å². The molecule has 0 atom stereocenters. The molecule has 0 saturated heterocycles. The molecule has 1 aliphatic carbocycles. The molecule has 12 heavy (non-hydrogen) atoms. The number of hydrogen-bond donors (Lipinski definition) is 0. The van der Waals surface area contributed by atoms with Crippen molar-refractivity contribution < 1.29 is 4.74 Å². The van der Waals surface area contributed by atoms with Gasteiger partial charge in [-0.2, -0.15) is 0 Å². The second-order valence-corrected chi connectivity index (χ2v) is 6.61. The topological polar surface area (TPSA) is 9.23 Å². The molecule has 0 aromatic carbocycles. The van der Waals surface area contributed by atoms with E-state index in [1.807, 2.05) is 0 Å². The Balaban J connectivity index is 2.42. The van der Waals surface area contributed by atoms with Crippen LogP contribution in [0, 0.1) is 0 Å². The summed E-state index contributed by atoms with van der Waals surface area (Å²) >= 11 is 0. The average Bonchev–Trinajstić information content (AvgIpc) is 2.38. The van der Waals surface area contributed by atoms with Crippen molar-refractivity contribution in [1.29, 1.82) is 0 Å². The van der Waals surface area contributed by atoms with Gasteiger partial charge in [-0.05, 0) is 32.8 Å². The molecule has 0 fully saturated rings. The molecule has 0 amide bonds. The van der Waals surface area contributed by atoms with E-state index in [-0.39, 0.29) is 14.7 Å². The van der Waals surface area contributed by atoms with Gasteiger partial charge in [-0.25, -0.2) is 0 Å². The van der Waals surface area contributed by atoms with Crippen LogP contribution in [0.4, 0.5) is 0 Å². The van der Waals surface area contributed by atoms with Crippen LogP contribution in [0.1, 0.15) is 33.1 Å². The van der Waals surface area contributed by atoms with Crippen LogP contribution >= 0.6 is 0 Å². The van der Waals surface area contributed by atoms with E-state index in [9.17, 15) is 0 Å². The average molecular weight is 182 g/mol. The smallest absolute Gasteiger partial charge is 0.0967 e. The molecule has 1 aliphatic rings. The molecule has 0 aromatic heterocycles. The Morgan fingerprint density at radius 1 is 1.67 bits per heavy atom. The summed E-state index contributed by atoms with van der Waals surface area (Å²) in [7, 11) is -0.283. The van der Waals surface area contributed by atoms with Crippen molar-refractivity contribution in [2.24, 2.45) is 0 Å². The molecular formula is C10H18OSi. The van der Waals surface area contributed by atoms with Crippen LogP contribution in [0.25, 0.3) is 0 Å². The Hall–Kier alpha value is -0.503. The fourth-order valence-electron chi connectivity index (χ4n) is 1.48. The molecule has 0 saturated carbocycles. The van der Waals surface area contributed by atoms with Gasteiger partial charge in [-0.1, -0.05) is 0 Å². The molecule has 0 N–H and O–H groups in total. The third kappa shape index (κ3) is 2.86. The van der Waals surface area contributed by atoms with E-state index in [4.69, 9.17) is 4.74 Å². The zero-order valence-electron chi connectivity index (χ0n) is 8.10. The second kappa shape index (κ2) is 3.94. The highest BCUT2D eigenvalue weighted by Gasteiger charge is 2.20. The highest BCUT2D eigenvalue weighted by atomic mass is 28.2. The summed E-state index contributed by atoms with van der Waals surface area (Å²) < 4.78 is 5.89. The molecule has 1 nitrogen and oxygen atoms in total. The van der Waals surface area contributed by atoms with Crippen molar-refractivity contribution >= 4 is 9.52 Å². The molecule has 0 radical (unpaired) electrons. The summed E-state index contributed by atoms with van der Waals surface area (Å²) in [5.74, 6) is 1.20. The highest BCUT2D eigenvalue weighted by Crippen LogP contribution is 2.23. The lowest BCUT2D eigenvalue weighted by atomic mass is 10.3. The molecule has 0 heterocycles. The molecule has 0 unspecified atom stereocenters. The normalized spacial score (nSPS) is 18.3. The summed E-state index contributed by atoms with van der Waals surface area (Å²) in [4.78, 5) is 0. The predicted molar refractivity (Wildman–Crippen MR) is 55.8 cm³/mol. The summed E-state index contributed by atoms with van der Waals surface area (Å²) in [5, 5.41) is 0.0674. The molecule has 0 aromatic rings. The largest absolute Gasteiger partial charge is 0.497 e. The van der Waals surface area contributed by atoms with Crippen molar-refractivity contribution in [3.05, 3.63) is 24.1 Å². The third-order valence-corrected chi connectivity index (χ3v) is 3.46. The molecular weight excluding hydrogens is 164 g/mol. The number of allylic oxidation sites excluding steroid dienone is 2. The zero-order chi connectivity index (χ0) is 9.03. The first-order valence-electron chi connectivity index (χ1n) is 4.63. The Bertz CT molecular complexity index is 194. The molecule has 2 heteroatoms. The first-order chi connectivity index (χ1) is 5.64. The monoisotopic (exact) mass is 182 g/mol. The van der Waals surface area contributed by atoms with Gasteiger partial charge in [-0.15, -0.1) is 12.3 Å². The minimum atomic E-state index is -0.283. The van der Waals surface area contributed by atoms with E-state index in [1.54, 1.807) is 0 Å². The highest BCUT2D eigenvalue weighted by molar-refractivity contribution is 6.45. The van der Waals surface area contributed by atoms with Crippen LogP contribution in [-0.4, -0.2) is 14.7 Å². The number of ether oxygens (including phenoxy) is 1. The molecule has 0 aliphatic heterocycles. The van der Waals surface area contributed by atoms with Crippen LogP contribution in [0.3, 0.4) is 0 Å². The molecule has 1 rings (SSSR count). The predicted octanol–water partition coefficient (Wildman–Crippen LogP) is 2.12. The maximum atomic E-state index is 5.89. The van der Waals surface area contributed by atoms with E-state index in [2.05, 4.69) is 32.2 Å². The summed E-state index contributed by atoms with van der Waals surface area (Å²) in [5.41, 5.74) is 2.05. The summed E-state index contributed by atoms with van der Waals surface area (Å²) in [6.07, 6.45) is 5.82. The van der Waals surface area contributed by atoms with Crippen LogP contribution < -0.4 is 0 Å². The first kappa shape index (κ1) is 9.58. The first-order valence-corrected chi connectivity index (χ1v) is 6.15. The maximum absolute atomic E-state index is 5.89. The minimum Gasteiger partial charge on any atom is -0.497 e. The van der Waals surface area contributed by atoms with E-state index >= 15 is 0 Å². The lowest BCUT2D eigenvalue weighted by molar-refractivity contribution is 0.103. The van der Waals surface area contributed by atoms with Gasteiger partial charge >= 0.3 is 0 Å². The van der Waals surface area contributed by atoms with Crippen molar-refractivity contribution in [3.63, 3.8) is 0 Å². The molecule has 68 valence electrons. The lowest BCUT2D eigenvalue weighted by Crippen LogP contribution is -2.30. The fourth-order valence-corrected chi connectivity index (χ4v) is 2.44. The standard InChI is InChI=1S/C10H18OSi/c1-4-12-10(2,3)11-9-7-5-6-8-9/h4,7H,1,5-6,8,12H2,2-3H3. The Kier molecular flexibility index (Phi) is 3.15. The third-order valence-electron chi connectivity index (χ3n) is 2.04. The Labute approximate surface area is 77.3 Å². The molecule has 0 spiro atoms. The van der Waals surface area contributed by atoms with E-state index in [1.165, 1.54) is 18.6 Å². The van der Waals surface area contributed by atoms with Gasteiger partial charge in [-0.3, -0.25) is 0 Å². The van der Waals surface area contributed by atoms with Gasteiger partial charge in [0.15, 0.2) is 0 Å². The fraction of sp³-hybridized carbons (Fsp3) is 0.600. The van der Waals surface area contributed by atoms with Crippen molar-refractivity contribution in [3.8, 4) is 0 Å². The Morgan fingerprint density at radius 2 is 2.42 bits per heavy atom. The van der Waals surface area contributed by atoms with E-state index in [0.717, 1.165) is 6.42 Å². The zero-order valence-corrected chi connectivity index (χ0v) is 9.51. The van der Waals surface area contributed by atoms with Gasteiger partial charge in [0.25, 0.3) is 0 Å². The van der Waals surface area contributed by atoms with Crippen molar-refractivity contribution in [2.45, 2.75) is 38.3 Å². The van der Waals surface area contributed by atoms with Crippen LogP contribution in [0.5, 0.6) is 0 Å². The second-order valence-electron chi connectivity index (χ2n) is 3.92. The SMILES string of the molecule is C=C[SiH2]C(C)(C)OC1=CCCC1. The number of rotatable bonds is 4.